The molecule has 1 amide bonds. The van der Waals surface area contributed by atoms with E-state index in [4.69, 9.17) is 19.3 Å². The number of anilines is 1. The maximum absolute atomic E-state index is 12.0. The van der Waals surface area contributed by atoms with Crippen LogP contribution in [0.2, 0.25) is 0 Å². The summed E-state index contributed by atoms with van der Waals surface area (Å²) in [7, 11) is 4.45. The summed E-state index contributed by atoms with van der Waals surface area (Å²) in [5.74, 6) is -0.659. The number of ether oxygens (including phenoxy) is 3. The Morgan fingerprint density at radius 1 is 1.19 bits per heavy atom. The number of hydrogen-bond donors (Lipinski definition) is 1. The average Bonchev–Trinajstić information content (AvgIpc) is 2.87. The van der Waals surface area contributed by atoms with Crippen molar-refractivity contribution in [2.75, 3.05) is 32.8 Å². The van der Waals surface area contributed by atoms with Gasteiger partial charge in [-0.25, -0.2) is 0 Å². The highest BCUT2D eigenvalue weighted by Crippen LogP contribution is 2.42. The van der Waals surface area contributed by atoms with Crippen LogP contribution in [0.5, 0.6) is 17.2 Å². The van der Waals surface area contributed by atoms with Gasteiger partial charge in [0, 0.05) is 25.1 Å². The summed E-state index contributed by atoms with van der Waals surface area (Å²) in [6.07, 6.45) is -0.00794. The molecule has 0 aliphatic carbocycles. The molecule has 2 rings (SSSR count). The van der Waals surface area contributed by atoms with E-state index in [-0.39, 0.29) is 18.9 Å². The van der Waals surface area contributed by atoms with E-state index in [2.05, 4.69) is 0 Å². The zero-order valence-corrected chi connectivity index (χ0v) is 12.1. The van der Waals surface area contributed by atoms with Gasteiger partial charge >= 0.3 is 5.97 Å². The molecule has 1 saturated heterocycles. The van der Waals surface area contributed by atoms with Crippen LogP contribution < -0.4 is 19.1 Å². The third-order valence-corrected chi connectivity index (χ3v) is 3.44. The van der Waals surface area contributed by atoms with Gasteiger partial charge in [-0.2, -0.15) is 0 Å². The van der Waals surface area contributed by atoms with Crippen LogP contribution in [0, 0.1) is 5.92 Å². The zero-order chi connectivity index (χ0) is 15.6. The fourth-order valence-electron chi connectivity index (χ4n) is 2.35. The molecule has 7 heteroatoms. The van der Waals surface area contributed by atoms with Gasteiger partial charge in [0.25, 0.3) is 0 Å². The quantitative estimate of drug-likeness (QED) is 0.877. The van der Waals surface area contributed by atoms with E-state index in [0.717, 1.165) is 0 Å². The van der Waals surface area contributed by atoms with Crippen LogP contribution in [-0.4, -0.2) is 44.9 Å². The first kappa shape index (κ1) is 15.0. The number of carbonyl (C=O) groups is 2. The van der Waals surface area contributed by atoms with Crippen LogP contribution in [0.4, 0.5) is 5.69 Å². The molecule has 21 heavy (non-hydrogen) atoms. The number of hydrogen-bond acceptors (Lipinski definition) is 5. The number of nitrogens with zero attached hydrogens (tertiary/aromatic N) is 1. The largest absolute Gasteiger partial charge is 0.493 e. The van der Waals surface area contributed by atoms with E-state index in [9.17, 15) is 9.59 Å². The number of carbonyl (C=O) groups excluding carboxylic acids is 1. The third-order valence-electron chi connectivity index (χ3n) is 3.44. The smallest absolute Gasteiger partial charge is 0.308 e. The highest BCUT2D eigenvalue weighted by Gasteiger charge is 2.35. The molecule has 1 aromatic rings. The summed E-state index contributed by atoms with van der Waals surface area (Å²) >= 11 is 0. The van der Waals surface area contributed by atoms with Crippen molar-refractivity contribution in [3.05, 3.63) is 12.1 Å². The van der Waals surface area contributed by atoms with Crippen LogP contribution in [0.1, 0.15) is 6.42 Å². The van der Waals surface area contributed by atoms with Gasteiger partial charge in [0.2, 0.25) is 11.7 Å². The topological polar surface area (TPSA) is 85.3 Å². The summed E-state index contributed by atoms with van der Waals surface area (Å²) in [4.78, 5) is 24.4. The molecule has 0 radical (unpaired) electrons. The highest BCUT2D eigenvalue weighted by atomic mass is 16.5. The number of amides is 1. The first-order chi connectivity index (χ1) is 10.0. The fraction of sp³-hybridized carbons (Fsp3) is 0.429. The Labute approximate surface area is 122 Å². The maximum atomic E-state index is 12.0. The molecule has 114 valence electrons. The predicted octanol–water partition coefficient (Wildman–Crippen LogP) is 1.15. The van der Waals surface area contributed by atoms with Crippen molar-refractivity contribution in [1.82, 2.24) is 0 Å². The third kappa shape index (κ3) is 2.72. The maximum Gasteiger partial charge on any atom is 0.308 e. The van der Waals surface area contributed by atoms with E-state index >= 15 is 0 Å². The number of benzene rings is 1. The van der Waals surface area contributed by atoms with E-state index in [1.807, 2.05) is 0 Å². The second kappa shape index (κ2) is 5.90. The SMILES string of the molecule is COc1cc(N2C[C@H](C(=O)O)CC2=O)cc(OC)c1OC. The molecule has 1 heterocycles. The Balaban J connectivity index is 2.40. The monoisotopic (exact) mass is 295 g/mol. The summed E-state index contributed by atoms with van der Waals surface area (Å²) < 4.78 is 15.7. The minimum Gasteiger partial charge on any atom is -0.493 e. The summed E-state index contributed by atoms with van der Waals surface area (Å²) in [5.41, 5.74) is 0.526. The molecular formula is C14H17NO6. The lowest BCUT2D eigenvalue weighted by Gasteiger charge is -2.20. The lowest BCUT2D eigenvalue weighted by atomic mass is 10.1. The van der Waals surface area contributed by atoms with Crippen molar-refractivity contribution >= 4 is 17.6 Å². The molecule has 0 aromatic heterocycles. The number of methoxy groups -OCH3 is 3. The minimum atomic E-state index is -0.974. The van der Waals surface area contributed by atoms with Crippen LogP contribution in [-0.2, 0) is 9.59 Å². The van der Waals surface area contributed by atoms with Crippen molar-refractivity contribution in [2.24, 2.45) is 5.92 Å². The van der Waals surface area contributed by atoms with Gasteiger partial charge in [-0.1, -0.05) is 0 Å². The number of carboxylic acids is 1. The lowest BCUT2D eigenvalue weighted by molar-refractivity contribution is -0.141. The van der Waals surface area contributed by atoms with Gasteiger partial charge in [0.05, 0.1) is 32.9 Å². The van der Waals surface area contributed by atoms with Crippen LogP contribution in [0.15, 0.2) is 12.1 Å². The number of carboxylic acid groups (broad SMARTS) is 1. The van der Waals surface area contributed by atoms with Gasteiger partial charge < -0.3 is 24.2 Å². The van der Waals surface area contributed by atoms with Gasteiger partial charge in [-0.3, -0.25) is 9.59 Å². The summed E-state index contributed by atoms with van der Waals surface area (Å²) in [6.45, 7) is 0.132. The van der Waals surface area contributed by atoms with Crippen molar-refractivity contribution in [1.29, 1.82) is 0 Å². The molecule has 1 fully saturated rings. The minimum absolute atomic E-state index is 0.00794. The molecular weight excluding hydrogens is 278 g/mol. The molecule has 1 atom stereocenters. The molecule has 0 spiro atoms. The number of aliphatic carboxylic acids is 1. The summed E-state index contributed by atoms with van der Waals surface area (Å²) in [6, 6.07) is 3.26. The lowest BCUT2D eigenvalue weighted by Crippen LogP contribution is -2.25. The second-order valence-corrected chi connectivity index (χ2v) is 4.63. The molecule has 1 aromatic carbocycles. The second-order valence-electron chi connectivity index (χ2n) is 4.63. The molecule has 1 aliphatic rings. The van der Waals surface area contributed by atoms with Crippen LogP contribution in [0.25, 0.3) is 0 Å². The molecule has 0 bridgehead atoms. The van der Waals surface area contributed by atoms with E-state index in [0.29, 0.717) is 22.9 Å². The highest BCUT2D eigenvalue weighted by molar-refractivity contribution is 5.99. The molecule has 0 unspecified atom stereocenters. The van der Waals surface area contributed by atoms with Crippen LogP contribution in [0.3, 0.4) is 0 Å². The van der Waals surface area contributed by atoms with Crippen molar-refractivity contribution in [3.8, 4) is 17.2 Å². The average molecular weight is 295 g/mol. The van der Waals surface area contributed by atoms with Crippen molar-refractivity contribution < 1.29 is 28.9 Å². The van der Waals surface area contributed by atoms with E-state index in [1.165, 1.54) is 26.2 Å². The Hall–Kier alpha value is -2.44. The van der Waals surface area contributed by atoms with Gasteiger partial charge in [0.1, 0.15) is 0 Å². The molecule has 7 nitrogen and oxygen atoms in total. The van der Waals surface area contributed by atoms with E-state index in [1.54, 1.807) is 12.1 Å². The normalized spacial score (nSPS) is 17.8. The Morgan fingerprint density at radius 3 is 2.14 bits per heavy atom. The van der Waals surface area contributed by atoms with Crippen LogP contribution >= 0.6 is 0 Å². The first-order valence-corrected chi connectivity index (χ1v) is 6.35. The molecule has 0 saturated carbocycles. The Morgan fingerprint density at radius 2 is 1.76 bits per heavy atom. The molecule has 1 N–H and O–H groups in total. The van der Waals surface area contributed by atoms with Crippen molar-refractivity contribution in [3.63, 3.8) is 0 Å². The molecule has 1 aliphatic heterocycles. The summed E-state index contributed by atoms with van der Waals surface area (Å²) in [5, 5.41) is 9.03. The Bertz CT molecular complexity index is 546. The van der Waals surface area contributed by atoms with E-state index < -0.39 is 11.9 Å². The fourth-order valence-corrected chi connectivity index (χ4v) is 2.35. The van der Waals surface area contributed by atoms with Crippen molar-refractivity contribution in [2.45, 2.75) is 6.42 Å². The van der Waals surface area contributed by atoms with Gasteiger partial charge in [-0.15, -0.1) is 0 Å². The Kier molecular flexibility index (Phi) is 4.21. The van der Waals surface area contributed by atoms with Gasteiger partial charge in [0.15, 0.2) is 11.5 Å². The number of rotatable bonds is 5. The first-order valence-electron chi connectivity index (χ1n) is 6.35. The van der Waals surface area contributed by atoms with Gasteiger partial charge in [-0.05, 0) is 0 Å². The standard InChI is InChI=1S/C14H17NO6/c1-19-10-5-9(6-11(20-2)13(10)21-3)15-7-8(14(17)18)4-12(15)16/h5-6,8H,4,7H2,1-3H3,(H,17,18)/t8-/m1/s1. The zero-order valence-electron chi connectivity index (χ0n) is 12.1. The predicted molar refractivity (Wildman–Crippen MR) is 74.2 cm³/mol.